The number of benzene rings is 2. The lowest BCUT2D eigenvalue weighted by Crippen LogP contribution is -2.38. The monoisotopic (exact) mass is 339 g/mol. The van der Waals surface area contributed by atoms with Crippen molar-refractivity contribution in [3.05, 3.63) is 46.4 Å². The number of likely N-dealkylation sites (tertiary alicyclic amines) is 1. The fourth-order valence-corrected chi connectivity index (χ4v) is 3.22. The summed E-state index contributed by atoms with van der Waals surface area (Å²) >= 11 is 3.56. The molecule has 0 spiro atoms. The van der Waals surface area contributed by atoms with Gasteiger partial charge in [-0.25, -0.2) is 8.78 Å². The molecule has 0 radical (unpaired) electrons. The van der Waals surface area contributed by atoms with Gasteiger partial charge in [-0.1, -0.05) is 46.3 Å². The van der Waals surface area contributed by atoms with Gasteiger partial charge in [0.15, 0.2) is 0 Å². The number of fused-ring (bicyclic) bond motifs is 1. The maximum atomic E-state index is 13.2. The second kappa shape index (κ2) is 5.41. The third-order valence-corrected chi connectivity index (χ3v) is 4.63. The van der Waals surface area contributed by atoms with Crippen LogP contribution in [0, 0.1) is 0 Å². The molecule has 0 atom stereocenters. The van der Waals surface area contributed by atoms with Crippen LogP contribution < -0.4 is 0 Å². The molecule has 0 N–H and O–H groups in total. The molecule has 0 aromatic heterocycles. The maximum Gasteiger partial charge on any atom is 0.250 e. The van der Waals surface area contributed by atoms with Crippen LogP contribution in [0.25, 0.3) is 10.8 Å². The predicted molar refractivity (Wildman–Crippen MR) is 81.1 cm³/mol. The Labute approximate surface area is 125 Å². The lowest BCUT2D eigenvalue weighted by molar-refractivity contribution is -0.0565. The molecule has 1 saturated heterocycles. The van der Waals surface area contributed by atoms with Gasteiger partial charge in [0.1, 0.15) is 0 Å². The smallest absolute Gasteiger partial charge is 0.250 e. The first-order valence-electron chi connectivity index (χ1n) is 6.81. The van der Waals surface area contributed by atoms with Gasteiger partial charge in [-0.2, -0.15) is 0 Å². The summed E-state index contributed by atoms with van der Waals surface area (Å²) in [5.41, 5.74) is 1.20. The van der Waals surface area contributed by atoms with Crippen LogP contribution in [0.5, 0.6) is 0 Å². The molecule has 0 bridgehead atoms. The van der Waals surface area contributed by atoms with Crippen molar-refractivity contribution in [1.29, 1.82) is 0 Å². The molecule has 106 valence electrons. The van der Waals surface area contributed by atoms with Crippen LogP contribution in [0.1, 0.15) is 18.4 Å². The van der Waals surface area contributed by atoms with Crippen LogP contribution in [0.2, 0.25) is 0 Å². The molecule has 1 nitrogen and oxygen atoms in total. The number of hydrogen-bond acceptors (Lipinski definition) is 1. The zero-order valence-corrected chi connectivity index (χ0v) is 12.7. The summed E-state index contributed by atoms with van der Waals surface area (Å²) in [4.78, 5) is 2.12. The Balaban J connectivity index is 1.83. The summed E-state index contributed by atoms with van der Waals surface area (Å²) in [6.45, 7) is 1.68. The summed E-state index contributed by atoms with van der Waals surface area (Å²) in [6.07, 6.45) is -0.0527. The van der Waals surface area contributed by atoms with Gasteiger partial charge in [0.25, 0.3) is 5.92 Å². The molecule has 1 aliphatic rings. The highest BCUT2D eigenvalue weighted by Gasteiger charge is 2.33. The van der Waals surface area contributed by atoms with E-state index in [2.05, 4.69) is 39.0 Å². The van der Waals surface area contributed by atoms with E-state index in [1.807, 2.05) is 18.2 Å². The first kappa shape index (κ1) is 14.0. The summed E-state index contributed by atoms with van der Waals surface area (Å²) in [5.74, 6) is -2.47. The normalized spacial score (nSPS) is 19.4. The van der Waals surface area contributed by atoms with Gasteiger partial charge in [0.2, 0.25) is 0 Å². The van der Waals surface area contributed by atoms with Gasteiger partial charge in [-0.05, 0) is 22.4 Å². The maximum absolute atomic E-state index is 13.2. The summed E-state index contributed by atoms with van der Waals surface area (Å²) in [6, 6.07) is 12.3. The Morgan fingerprint density at radius 2 is 1.65 bits per heavy atom. The molecule has 20 heavy (non-hydrogen) atoms. The molecule has 0 aliphatic carbocycles. The van der Waals surface area contributed by atoms with Gasteiger partial charge < -0.3 is 0 Å². The second-order valence-corrected chi connectivity index (χ2v) is 6.24. The number of alkyl halides is 2. The largest absolute Gasteiger partial charge is 0.299 e. The van der Waals surface area contributed by atoms with E-state index >= 15 is 0 Å². The van der Waals surface area contributed by atoms with E-state index in [-0.39, 0.29) is 12.8 Å². The van der Waals surface area contributed by atoms with Crippen LogP contribution in [-0.2, 0) is 6.54 Å². The van der Waals surface area contributed by atoms with Crippen molar-refractivity contribution in [1.82, 2.24) is 4.90 Å². The standard InChI is InChI=1S/C16H16BrF2N/c17-15-6-5-12(13-3-1-2-4-14(13)15)11-20-9-7-16(18,19)8-10-20/h1-6H,7-11H2. The van der Waals surface area contributed by atoms with Crippen molar-refractivity contribution >= 4 is 26.7 Å². The first-order chi connectivity index (χ1) is 9.55. The predicted octanol–water partition coefficient (Wildman–Crippen LogP) is 4.83. The van der Waals surface area contributed by atoms with Gasteiger partial charge >= 0.3 is 0 Å². The second-order valence-electron chi connectivity index (χ2n) is 5.38. The number of hydrogen-bond donors (Lipinski definition) is 0. The minimum Gasteiger partial charge on any atom is -0.299 e. The van der Waals surface area contributed by atoms with Crippen LogP contribution in [0.4, 0.5) is 8.78 Å². The highest BCUT2D eigenvalue weighted by molar-refractivity contribution is 9.10. The quantitative estimate of drug-likeness (QED) is 0.757. The van der Waals surface area contributed by atoms with E-state index in [0.29, 0.717) is 13.1 Å². The van der Waals surface area contributed by atoms with Crippen molar-refractivity contribution in [2.45, 2.75) is 25.3 Å². The first-order valence-corrected chi connectivity index (χ1v) is 7.61. The lowest BCUT2D eigenvalue weighted by Gasteiger charge is -2.32. The summed E-state index contributed by atoms with van der Waals surface area (Å²) in [7, 11) is 0. The molecular weight excluding hydrogens is 324 g/mol. The molecule has 0 amide bonds. The van der Waals surface area contributed by atoms with Crippen molar-refractivity contribution < 1.29 is 8.78 Å². The Morgan fingerprint density at radius 1 is 1.00 bits per heavy atom. The SMILES string of the molecule is FC1(F)CCN(Cc2ccc(Br)c3ccccc23)CC1. The molecule has 1 heterocycles. The van der Waals surface area contributed by atoms with E-state index < -0.39 is 5.92 Å². The van der Waals surface area contributed by atoms with Crippen LogP contribution >= 0.6 is 15.9 Å². The van der Waals surface area contributed by atoms with Crippen LogP contribution in [-0.4, -0.2) is 23.9 Å². The highest BCUT2D eigenvalue weighted by Crippen LogP contribution is 2.31. The van der Waals surface area contributed by atoms with E-state index in [4.69, 9.17) is 0 Å². The molecule has 4 heteroatoms. The Hall–Kier alpha value is -1.00. The fourth-order valence-electron chi connectivity index (χ4n) is 2.74. The van der Waals surface area contributed by atoms with E-state index in [1.54, 1.807) is 0 Å². The van der Waals surface area contributed by atoms with Crippen LogP contribution in [0.15, 0.2) is 40.9 Å². The molecule has 0 unspecified atom stereocenters. The topological polar surface area (TPSA) is 3.24 Å². The summed E-state index contributed by atoms with van der Waals surface area (Å²) in [5, 5.41) is 2.37. The highest BCUT2D eigenvalue weighted by atomic mass is 79.9. The molecule has 3 rings (SSSR count). The Kier molecular flexibility index (Phi) is 3.78. The Bertz CT molecular complexity index is 617. The molecule has 1 fully saturated rings. The number of rotatable bonds is 2. The molecule has 2 aromatic rings. The molecular formula is C16H16BrF2N. The minimum atomic E-state index is -2.47. The van der Waals surface area contributed by atoms with Gasteiger partial charge in [-0.15, -0.1) is 0 Å². The fraction of sp³-hybridized carbons (Fsp3) is 0.375. The van der Waals surface area contributed by atoms with E-state index in [1.165, 1.54) is 16.3 Å². The zero-order chi connectivity index (χ0) is 14.2. The van der Waals surface area contributed by atoms with Gasteiger partial charge in [0.05, 0.1) is 0 Å². The van der Waals surface area contributed by atoms with Crippen LogP contribution in [0.3, 0.4) is 0 Å². The molecule has 0 saturated carbocycles. The van der Waals surface area contributed by atoms with Crippen molar-refractivity contribution in [3.63, 3.8) is 0 Å². The molecule has 2 aromatic carbocycles. The average molecular weight is 340 g/mol. The number of piperidine rings is 1. The average Bonchev–Trinajstić information content (AvgIpc) is 2.44. The van der Waals surface area contributed by atoms with E-state index in [0.717, 1.165) is 11.0 Å². The third-order valence-electron chi connectivity index (χ3n) is 3.94. The van der Waals surface area contributed by atoms with Gasteiger partial charge in [-0.3, -0.25) is 4.90 Å². The molecule has 1 aliphatic heterocycles. The Morgan fingerprint density at radius 3 is 2.35 bits per heavy atom. The van der Waals surface area contributed by atoms with E-state index in [9.17, 15) is 8.78 Å². The third kappa shape index (κ3) is 2.86. The van der Waals surface area contributed by atoms with Crippen molar-refractivity contribution in [3.8, 4) is 0 Å². The van der Waals surface area contributed by atoms with Gasteiger partial charge in [0, 0.05) is 36.9 Å². The summed E-state index contributed by atoms with van der Waals surface area (Å²) < 4.78 is 27.5. The number of nitrogens with zero attached hydrogens (tertiary/aromatic N) is 1. The number of halogens is 3. The zero-order valence-electron chi connectivity index (χ0n) is 11.1. The van der Waals surface area contributed by atoms with Crippen molar-refractivity contribution in [2.24, 2.45) is 0 Å². The lowest BCUT2D eigenvalue weighted by atomic mass is 10.0. The minimum absolute atomic E-state index is 0.0263. The van der Waals surface area contributed by atoms with Crippen molar-refractivity contribution in [2.75, 3.05) is 13.1 Å².